The van der Waals surface area contributed by atoms with E-state index in [0.29, 0.717) is 25.5 Å². The fourth-order valence-corrected chi connectivity index (χ4v) is 3.47. The van der Waals surface area contributed by atoms with E-state index in [4.69, 9.17) is 0 Å². The number of amides is 1. The maximum absolute atomic E-state index is 13.4. The topological polar surface area (TPSA) is 77.3 Å². The minimum absolute atomic E-state index is 0.0573. The van der Waals surface area contributed by atoms with Crippen molar-refractivity contribution in [3.8, 4) is 0 Å². The lowest BCUT2D eigenvalue weighted by molar-refractivity contribution is -0.151. The van der Waals surface area contributed by atoms with Gasteiger partial charge in [0.15, 0.2) is 5.65 Å². The van der Waals surface area contributed by atoms with Crippen molar-refractivity contribution in [3.63, 3.8) is 0 Å². The van der Waals surface area contributed by atoms with Crippen molar-refractivity contribution in [2.75, 3.05) is 13.7 Å². The molecule has 2 aromatic heterocycles. The van der Waals surface area contributed by atoms with Crippen LogP contribution in [0.15, 0.2) is 6.07 Å². The lowest BCUT2D eigenvalue weighted by Gasteiger charge is -2.22. The molecular weight excluding hydrogens is 384 g/mol. The van der Waals surface area contributed by atoms with Crippen LogP contribution in [0, 0.1) is 6.92 Å². The molecule has 3 heterocycles. The Morgan fingerprint density at radius 2 is 2.00 bits per heavy atom. The summed E-state index contributed by atoms with van der Waals surface area (Å²) in [6.07, 6.45) is -5.00. The number of nitrogens with zero attached hydrogens (tertiary/aromatic N) is 4. The van der Waals surface area contributed by atoms with Gasteiger partial charge in [0.2, 0.25) is 5.91 Å². The predicted molar refractivity (Wildman–Crippen MR) is 88.9 cm³/mol. The van der Waals surface area contributed by atoms with Gasteiger partial charge in [-0.1, -0.05) is 0 Å². The van der Waals surface area contributed by atoms with Crippen LogP contribution in [0.3, 0.4) is 0 Å². The summed E-state index contributed by atoms with van der Waals surface area (Å²) >= 11 is 0. The summed E-state index contributed by atoms with van der Waals surface area (Å²) in [4.78, 5) is 29.6. The maximum atomic E-state index is 13.4. The van der Waals surface area contributed by atoms with Crippen LogP contribution in [0.25, 0.3) is 11.0 Å². The second kappa shape index (κ2) is 7.72. The van der Waals surface area contributed by atoms with Gasteiger partial charge in [-0.05, 0) is 25.8 Å². The molecule has 0 bridgehead atoms. The molecule has 1 atom stereocenters. The Hall–Kier alpha value is -2.72. The molecule has 11 heteroatoms. The molecule has 0 N–H and O–H groups in total. The molecule has 1 aliphatic rings. The number of carbonyl (C=O) groups excluding carboxylic acids is 2. The first-order valence-electron chi connectivity index (χ1n) is 8.56. The minimum Gasteiger partial charge on any atom is -0.467 e. The number of hydrogen-bond acceptors (Lipinski definition) is 5. The summed E-state index contributed by atoms with van der Waals surface area (Å²) in [5.74, 6) is -1.05. The Bertz CT molecular complexity index is 915. The zero-order valence-electron chi connectivity index (χ0n) is 15.2. The van der Waals surface area contributed by atoms with E-state index >= 15 is 0 Å². The van der Waals surface area contributed by atoms with Crippen molar-refractivity contribution in [1.82, 2.24) is 19.7 Å². The Morgan fingerprint density at radius 3 is 2.61 bits per heavy atom. The molecule has 3 rings (SSSR count). The minimum atomic E-state index is -3.05. The average Bonchev–Trinajstić information content (AvgIpc) is 3.25. The maximum Gasteiger partial charge on any atom is 0.328 e. The third-order valence-corrected chi connectivity index (χ3v) is 4.72. The molecular formula is C17H18F4N4O3. The smallest absolute Gasteiger partial charge is 0.328 e. The zero-order chi connectivity index (χ0) is 20.6. The molecule has 1 aliphatic heterocycles. The number of carbonyl (C=O) groups is 2. The summed E-state index contributed by atoms with van der Waals surface area (Å²) in [5, 5.41) is 3.99. The van der Waals surface area contributed by atoms with Gasteiger partial charge < -0.3 is 9.64 Å². The number of hydrogen-bond donors (Lipinski definition) is 0. The average molecular weight is 402 g/mol. The molecule has 1 fully saturated rings. The van der Waals surface area contributed by atoms with Crippen molar-refractivity contribution in [2.24, 2.45) is 0 Å². The number of methoxy groups -OCH3 is 1. The highest BCUT2D eigenvalue weighted by Gasteiger charge is 2.35. The van der Waals surface area contributed by atoms with Gasteiger partial charge in [0.05, 0.1) is 18.2 Å². The van der Waals surface area contributed by atoms with E-state index in [1.165, 1.54) is 18.9 Å². The van der Waals surface area contributed by atoms with Gasteiger partial charge in [0.1, 0.15) is 18.3 Å². The van der Waals surface area contributed by atoms with E-state index < -0.39 is 48.6 Å². The molecule has 1 unspecified atom stereocenters. The largest absolute Gasteiger partial charge is 0.467 e. The van der Waals surface area contributed by atoms with E-state index in [1.807, 2.05) is 0 Å². The fourth-order valence-electron chi connectivity index (χ4n) is 3.47. The Balaban J connectivity index is 1.99. The SMILES string of the molecule is COC(=O)C1CCCN1C(=O)Cn1nc(C)c2c(C(F)F)cc(C(F)F)nc21. The first-order chi connectivity index (χ1) is 13.2. The fraction of sp³-hybridized carbons (Fsp3) is 0.529. The number of rotatable bonds is 5. The number of aryl methyl sites for hydroxylation is 1. The van der Waals surface area contributed by atoms with Gasteiger partial charge in [-0.3, -0.25) is 4.79 Å². The highest BCUT2D eigenvalue weighted by Crippen LogP contribution is 2.32. The number of esters is 1. The lowest BCUT2D eigenvalue weighted by atomic mass is 10.1. The van der Waals surface area contributed by atoms with Gasteiger partial charge in [0.25, 0.3) is 12.9 Å². The van der Waals surface area contributed by atoms with Gasteiger partial charge in [-0.25, -0.2) is 32.0 Å². The number of likely N-dealkylation sites (tertiary alicyclic amines) is 1. The number of aromatic nitrogens is 3. The molecule has 152 valence electrons. The van der Waals surface area contributed by atoms with E-state index in [2.05, 4.69) is 14.8 Å². The first-order valence-corrected chi connectivity index (χ1v) is 8.56. The molecule has 0 aliphatic carbocycles. The lowest BCUT2D eigenvalue weighted by Crippen LogP contribution is -2.42. The molecule has 1 amide bonds. The Labute approximate surface area is 157 Å². The molecule has 0 spiro atoms. The van der Waals surface area contributed by atoms with Crippen molar-refractivity contribution >= 4 is 22.9 Å². The van der Waals surface area contributed by atoms with Crippen molar-refractivity contribution in [2.45, 2.75) is 45.2 Å². The molecule has 28 heavy (non-hydrogen) atoms. The van der Waals surface area contributed by atoms with E-state index in [1.54, 1.807) is 0 Å². The second-order valence-corrected chi connectivity index (χ2v) is 6.45. The van der Waals surface area contributed by atoms with Crippen LogP contribution < -0.4 is 0 Å². The molecule has 7 nitrogen and oxygen atoms in total. The van der Waals surface area contributed by atoms with Crippen LogP contribution in [0.5, 0.6) is 0 Å². The highest BCUT2D eigenvalue weighted by atomic mass is 19.3. The molecule has 2 aromatic rings. The van der Waals surface area contributed by atoms with E-state index in [9.17, 15) is 27.2 Å². The third kappa shape index (κ3) is 3.52. The quantitative estimate of drug-likeness (QED) is 0.568. The standard InChI is InChI=1S/C17H18F4N4O3/c1-8-13-9(14(18)19)6-10(15(20)21)22-16(13)25(23-8)7-12(26)24-5-3-4-11(24)17(27)28-2/h6,11,14-15H,3-5,7H2,1-2H3. The summed E-state index contributed by atoms with van der Waals surface area (Å²) in [6.45, 7) is 1.35. The highest BCUT2D eigenvalue weighted by molar-refractivity contribution is 5.87. The van der Waals surface area contributed by atoms with Gasteiger partial charge in [-0.2, -0.15) is 5.10 Å². The van der Waals surface area contributed by atoms with Crippen LogP contribution in [0.4, 0.5) is 17.6 Å². The monoisotopic (exact) mass is 402 g/mol. The van der Waals surface area contributed by atoms with Crippen LogP contribution in [-0.2, 0) is 20.9 Å². The molecule has 0 radical (unpaired) electrons. The van der Waals surface area contributed by atoms with Crippen LogP contribution in [0.2, 0.25) is 0 Å². The number of alkyl halides is 4. The predicted octanol–water partition coefficient (Wildman–Crippen LogP) is 2.78. The van der Waals surface area contributed by atoms with E-state index in [0.717, 1.165) is 4.68 Å². The van der Waals surface area contributed by atoms with E-state index in [-0.39, 0.29) is 16.7 Å². The Morgan fingerprint density at radius 1 is 1.29 bits per heavy atom. The molecule has 0 saturated carbocycles. The van der Waals surface area contributed by atoms with Crippen LogP contribution in [0.1, 0.15) is 42.6 Å². The van der Waals surface area contributed by atoms with Gasteiger partial charge in [0, 0.05) is 12.1 Å². The number of halogens is 4. The summed E-state index contributed by atoms with van der Waals surface area (Å²) < 4.78 is 58.7. The van der Waals surface area contributed by atoms with Gasteiger partial charge >= 0.3 is 5.97 Å². The van der Waals surface area contributed by atoms with Gasteiger partial charge in [-0.15, -0.1) is 0 Å². The molecule has 1 saturated heterocycles. The second-order valence-electron chi connectivity index (χ2n) is 6.45. The number of pyridine rings is 1. The molecule has 0 aromatic carbocycles. The first kappa shape index (κ1) is 20.0. The van der Waals surface area contributed by atoms with Crippen molar-refractivity contribution in [3.05, 3.63) is 23.0 Å². The normalized spacial score (nSPS) is 17.1. The van der Waals surface area contributed by atoms with Crippen LogP contribution in [-0.4, -0.2) is 51.2 Å². The summed E-state index contributed by atoms with van der Waals surface area (Å²) in [6, 6.07) is -0.0756. The van der Waals surface area contributed by atoms with Crippen molar-refractivity contribution in [1.29, 1.82) is 0 Å². The third-order valence-electron chi connectivity index (χ3n) is 4.72. The van der Waals surface area contributed by atoms with Crippen molar-refractivity contribution < 1.29 is 31.9 Å². The number of fused-ring (bicyclic) bond motifs is 1. The van der Waals surface area contributed by atoms with Crippen LogP contribution >= 0.6 is 0 Å². The summed E-state index contributed by atoms with van der Waals surface area (Å²) in [7, 11) is 1.22. The Kier molecular flexibility index (Phi) is 5.52. The zero-order valence-corrected chi connectivity index (χ0v) is 15.2. The summed E-state index contributed by atoms with van der Waals surface area (Å²) in [5.41, 5.74) is -1.49. The number of ether oxygens (including phenoxy) is 1.